The number of aliphatic imine (C=N–C) groups is 1. The number of hydrogen-bond acceptors (Lipinski definition) is 7. The Morgan fingerprint density at radius 3 is 2.31 bits per heavy atom. The Hall–Kier alpha value is -4.30. The van der Waals surface area contributed by atoms with Gasteiger partial charge in [-0.3, -0.25) is 9.79 Å². The topological polar surface area (TPSA) is 106 Å². The number of rotatable bonds is 7. The molecule has 4 aromatic rings. The Kier molecular flexibility index (Phi) is 7.77. The highest BCUT2D eigenvalue weighted by molar-refractivity contribution is 6.33. The van der Waals surface area contributed by atoms with Crippen LogP contribution in [0.1, 0.15) is 57.0 Å². The summed E-state index contributed by atoms with van der Waals surface area (Å²) in [5.41, 5.74) is -3.67. The third-order valence-corrected chi connectivity index (χ3v) is 6.62. The summed E-state index contributed by atoms with van der Waals surface area (Å²) in [6.07, 6.45) is -5.88. The summed E-state index contributed by atoms with van der Waals surface area (Å²) < 4.78 is 87.2. The minimum atomic E-state index is -5.05. The quantitative estimate of drug-likeness (QED) is 0.187. The molecular weight excluding hydrogens is 592 g/mol. The Bertz CT molecular complexity index is 1690. The molecule has 0 spiro atoms. The first-order chi connectivity index (χ1) is 19.9. The maximum absolute atomic E-state index is 13.9. The van der Waals surface area contributed by atoms with Crippen LogP contribution in [-0.4, -0.2) is 37.3 Å². The third-order valence-electron chi connectivity index (χ3n) is 6.29. The van der Waals surface area contributed by atoms with Gasteiger partial charge in [0.25, 0.3) is 0 Å². The fourth-order valence-corrected chi connectivity index (χ4v) is 4.62. The van der Waals surface area contributed by atoms with E-state index in [0.717, 1.165) is 4.68 Å². The van der Waals surface area contributed by atoms with Crippen LogP contribution in [-0.2, 0) is 25.5 Å². The van der Waals surface area contributed by atoms with Gasteiger partial charge in [-0.15, -0.1) is 5.10 Å². The Morgan fingerprint density at radius 2 is 1.71 bits per heavy atom. The molecule has 0 aliphatic carbocycles. The zero-order valence-electron chi connectivity index (χ0n) is 21.2. The van der Waals surface area contributed by atoms with Gasteiger partial charge in [0.15, 0.2) is 11.5 Å². The summed E-state index contributed by atoms with van der Waals surface area (Å²) >= 11 is 6.29. The molecule has 42 heavy (non-hydrogen) atoms. The van der Waals surface area contributed by atoms with Crippen molar-refractivity contribution in [1.29, 1.82) is 0 Å². The monoisotopic (exact) mass is 609 g/mol. The number of halogens is 7. The van der Waals surface area contributed by atoms with Crippen LogP contribution in [0.2, 0.25) is 5.02 Å². The number of aliphatic hydroxyl groups excluding tert-OH is 1. The number of alkyl halides is 6. The van der Waals surface area contributed by atoms with Crippen LogP contribution in [0.15, 0.2) is 58.1 Å². The van der Waals surface area contributed by atoms with Crippen molar-refractivity contribution in [2.24, 2.45) is 4.99 Å². The summed E-state index contributed by atoms with van der Waals surface area (Å²) in [5, 5.41) is 21.7. The van der Waals surface area contributed by atoms with E-state index in [2.05, 4.69) is 20.5 Å². The van der Waals surface area contributed by atoms with Gasteiger partial charge in [-0.05, 0) is 48.7 Å². The highest BCUT2D eigenvalue weighted by atomic mass is 35.5. The van der Waals surface area contributed by atoms with E-state index in [4.69, 9.17) is 16.1 Å². The number of aromatic nitrogens is 4. The summed E-state index contributed by atoms with van der Waals surface area (Å²) in [4.78, 5) is 18.2. The summed E-state index contributed by atoms with van der Waals surface area (Å²) in [6, 6.07) is 7.53. The zero-order chi connectivity index (χ0) is 30.2. The maximum Gasteiger partial charge on any atom is 0.416 e. The van der Waals surface area contributed by atoms with E-state index in [1.165, 1.54) is 0 Å². The largest absolute Gasteiger partial charge is 0.416 e. The van der Waals surface area contributed by atoms with E-state index in [-0.39, 0.29) is 56.3 Å². The molecule has 1 aliphatic rings. The van der Waals surface area contributed by atoms with Crippen LogP contribution in [0.25, 0.3) is 17.0 Å². The molecule has 0 radical (unpaired) electrons. The zero-order valence-corrected chi connectivity index (χ0v) is 21.9. The lowest BCUT2D eigenvalue weighted by Crippen LogP contribution is -2.15. The minimum Gasteiger partial charge on any atom is -0.390 e. The number of carbonyl (C=O) groups excluding carboxylic acids is 1. The molecule has 3 heterocycles. The molecule has 2 aromatic carbocycles. The van der Waals surface area contributed by atoms with Gasteiger partial charge < -0.3 is 9.63 Å². The van der Waals surface area contributed by atoms with Crippen molar-refractivity contribution in [3.63, 3.8) is 0 Å². The van der Waals surface area contributed by atoms with Crippen molar-refractivity contribution >= 4 is 29.3 Å². The van der Waals surface area contributed by atoms with E-state index >= 15 is 0 Å². The van der Waals surface area contributed by atoms with Crippen molar-refractivity contribution in [3.8, 4) is 11.3 Å². The van der Waals surface area contributed by atoms with Crippen LogP contribution in [0.5, 0.6) is 0 Å². The average molecular weight is 610 g/mol. The van der Waals surface area contributed by atoms with Crippen LogP contribution < -0.4 is 0 Å². The third kappa shape index (κ3) is 5.72. The first-order valence-electron chi connectivity index (χ1n) is 12.2. The fourth-order valence-electron chi connectivity index (χ4n) is 4.39. The van der Waals surface area contributed by atoms with E-state index in [1.54, 1.807) is 36.6 Å². The summed E-state index contributed by atoms with van der Waals surface area (Å²) in [6.45, 7) is -1.31. The number of benzene rings is 2. The fraction of sp³-hybridized carbons (Fsp3) is 0.222. The second-order valence-corrected chi connectivity index (χ2v) is 9.54. The van der Waals surface area contributed by atoms with Crippen molar-refractivity contribution in [1.82, 2.24) is 20.2 Å². The molecule has 218 valence electrons. The van der Waals surface area contributed by atoms with E-state index in [9.17, 15) is 36.2 Å². The van der Waals surface area contributed by atoms with Crippen molar-refractivity contribution in [2.75, 3.05) is 0 Å². The van der Waals surface area contributed by atoms with Gasteiger partial charge >= 0.3 is 12.4 Å². The highest BCUT2D eigenvalue weighted by Gasteiger charge is 2.37. The molecule has 0 saturated carbocycles. The number of aliphatic hydroxyl groups is 1. The smallest absolute Gasteiger partial charge is 0.390 e. The molecule has 1 aliphatic heterocycles. The number of hydrogen-bond donors (Lipinski definition) is 1. The summed E-state index contributed by atoms with van der Waals surface area (Å²) in [5.74, 6) is -0.915. The molecule has 0 atom stereocenters. The van der Waals surface area contributed by atoms with E-state index in [0.29, 0.717) is 25.0 Å². The van der Waals surface area contributed by atoms with Crippen LogP contribution in [0.3, 0.4) is 0 Å². The van der Waals surface area contributed by atoms with Gasteiger partial charge in [-0.25, -0.2) is 4.68 Å². The molecule has 0 saturated heterocycles. The molecule has 0 unspecified atom stereocenters. The number of ketones is 1. The van der Waals surface area contributed by atoms with Crippen LogP contribution in [0, 0.1) is 0 Å². The predicted octanol–water partition coefficient (Wildman–Crippen LogP) is 6.60. The molecule has 2 aromatic heterocycles. The van der Waals surface area contributed by atoms with Crippen LogP contribution >= 0.6 is 11.6 Å². The molecule has 0 amide bonds. The van der Waals surface area contributed by atoms with Gasteiger partial charge in [0, 0.05) is 11.8 Å². The van der Waals surface area contributed by atoms with E-state index < -0.39 is 42.4 Å². The van der Waals surface area contributed by atoms with E-state index in [1.807, 2.05) is 0 Å². The second-order valence-electron chi connectivity index (χ2n) is 9.14. The Labute approximate surface area is 237 Å². The van der Waals surface area contributed by atoms with Crippen molar-refractivity contribution in [2.45, 2.75) is 38.3 Å². The lowest BCUT2D eigenvalue weighted by molar-refractivity contribution is -0.143. The standard InChI is InChI=1S/C27H18ClF6N5O3/c28-18-6-2-1-5-17(18)25-21(20(13-40)37-42-25)24(41)22-23(19-7-3-4-8-35-19)39(38-36-22)12-14-9-15(26(29,30)31)11-16(10-14)27(32,33)34/h1-2,5-11,40H,3-4,12-13H2. The number of allylic oxidation sites excluding steroid dienone is 1. The number of carbonyl (C=O) groups is 1. The maximum atomic E-state index is 13.9. The molecule has 5 rings (SSSR count). The van der Waals surface area contributed by atoms with Crippen molar-refractivity contribution < 1.29 is 40.8 Å². The molecule has 0 bridgehead atoms. The molecular formula is C27H18ClF6N5O3. The molecule has 1 N–H and O–H groups in total. The normalized spacial score (nSPS) is 13.9. The highest BCUT2D eigenvalue weighted by Crippen LogP contribution is 2.38. The number of nitrogens with zero attached hydrogens (tertiary/aromatic N) is 5. The lowest BCUT2D eigenvalue weighted by Gasteiger charge is -2.15. The molecule has 0 fully saturated rings. The van der Waals surface area contributed by atoms with Gasteiger partial charge in [-0.1, -0.05) is 40.2 Å². The van der Waals surface area contributed by atoms with Gasteiger partial charge in [0.2, 0.25) is 5.78 Å². The summed E-state index contributed by atoms with van der Waals surface area (Å²) in [7, 11) is 0. The van der Waals surface area contributed by atoms with Crippen LogP contribution in [0.4, 0.5) is 26.3 Å². The Balaban J connectivity index is 1.65. The molecule has 8 nitrogen and oxygen atoms in total. The van der Waals surface area contributed by atoms with Crippen molar-refractivity contribution in [3.05, 3.63) is 92.9 Å². The lowest BCUT2D eigenvalue weighted by atomic mass is 9.99. The van der Waals surface area contributed by atoms with Gasteiger partial charge in [0.05, 0.1) is 40.6 Å². The molecule has 15 heteroatoms. The second kappa shape index (κ2) is 11.2. The Morgan fingerprint density at radius 1 is 1.02 bits per heavy atom. The van der Waals surface area contributed by atoms with Gasteiger partial charge in [0.1, 0.15) is 11.4 Å². The first kappa shape index (κ1) is 29.2. The first-order valence-corrected chi connectivity index (χ1v) is 12.6. The predicted molar refractivity (Wildman–Crippen MR) is 138 cm³/mol. The SMILES string of the molecule is O=C(c1nnn(Cc2cc(C(F)(F)F)cc(C(F)(F)F)c2)c1C1=CCCC=N1)c1c(CO)noc1-c1ccccc1Cl. The van der Waals surface area contributed by atoms with Gasteiger partial charge in [-0.2, -0.15) is 26.3 Å². The minimum absolute atomic E-state index is 0.0211. The average Bonchev–Trinajstić information content (AvgIpc) is 3.57.